The van der Waals surface area contributed by atoms with Crippen LogP contribution in [-0.4, -0.2) is 12.3 Å². The van der Waals surface area contributed by atoms with E-state index in [9.17, 15) is 8.76 Å². The molecule has 0 aliphatic carbocycles. The van der Waals surface area contributed by atoms with Gasteiger partial charge in [-0.25, -0.2) is 0 Å². The minimum Gasteiger partial charge on any atom is -0.288 e. The first-order valence-electron chi connectivity index (χ1n) is 4.11. The van der Waals surface area contributed by atoms with E-state index in [4.69, 9.17) is 0 Å². The summed E-state index contributed by atoms with van der Waals surface area (Å²) < 4.78 is 24.3. The molecule has 0 aliphatic rings. The predicted molar refractivity (Wildman–Crippen MR) is 48.1 cm³/mol. The predicted octanol–water partition coefficient (Wildman–Crippen LogP) is 3.55. The van der Waals surface area contributed by atoms with Gasteiger partial charge < -0.3 is 0 Å². The van der Waals surface area contributed by atoms with Crippen LogP contribution in [0.1, 0.15) is 27.7 Å². The summed E-state index contributed by atoms with van der Waals surface area (Å²) in [5.74, 6) is 0.397. The van der Waals surface area contributed by atoms with Crippen LogP contribution in [0.3, 0.4) is 0 Å². The summed E-state index contributed by atoms with van der Waals surface area (Å²) in [6.07, 6.45) is 0.483. The average Bonchev–Trinajstić information content (AvgIpc) is 1.53. The zero-order valence-corrected chi connectivity index (χ0v) is 8.70. The standard InChI is InChI=1S/C8H18FOP/c1-7(2)5-11(9,10)6-8(3)4/h7-8H,5-6H2,1-4H3. The first-order chi connectivity index (χ1) is 4.83. The van der Waals surface area contributed by atoms with Gasteiger partial charge in [-0.15, -0.1) is 0 Å². The molecule has 0 aliphatic heterocycles. The Kier molecular flexibility index (Phi) is 4.31. The summed E-state index contributed by atoms with van der Waals surface area (Å²) in [5, 5.41) is 0. The molecule has 0 aromatic rings. The summed E-state index contributed by atoms with van der Waals surface area (Å²) in [6.45, 7) is 7.58. The van der Waals surface area contributed by atoms with Gasteiger partial charge in [0.1, 0.15) is 0 Å². The van der Waals surface area contributed by atoms with Gasteiger partial charge in [0, 0.05) is 12.3 Å². The first-order valence-corrected chi connectivity index (χ1v) is 6.08. The molecule has 0 unspecified atom stereocenters. The van der Waals surface area contributed by atoms with Crippen LogP contribution in [0.4, 0.5) is 4.20 Å². The quantitative estimate of drug-likeness (QED) is 0.604. The zero-order chi connectivity index (χ0) is 9.07. The van der Waals surface area contributed by atoms with E-state index >= 15 is 0 Å². The summed E-state index contributed by atoms with van der Waals surface area (Å²) in [7, 11) is -3.30. The fourth-order valence-corrected chi connectivity index (χ4v) is 3.50. The van der Waals surface area contributed by atoms with Gasteiger partial charge in [0.05, 0.1) is 0 Å². The molecular weight excluding hydrogens is 162 g/mol. The van der Waals surface area contributed by atoms with Crippen LogP contribution >= 0.6 is 7.45 Å². The van der Waals surface area contributed by atoms with Crippen molar-refractivity contribution < 1.29 is 8.76 Å². The van der Waals surface area contributed by atoms with Crippen LogP contribution in [0, 0.1) is 11.8 Å². The smallest absolute Gasteiger partial charge is 0.244 e. The highest BCUT2D eigenvalue weighted by Crippen LogP contribution is 2.50. The molecule has 3 heteroatoms. The van der Waals surface area contributed by atoms with E-state index in [-0.39, 0.29) is 24.2 Å². The normalized spacial score (nSPS) is 13.0. The molecule has 0 atom stereocenters. The van der Waals surface area contributed by atoms with Crippen molar-refractivity contribution in [2.45, 2.75) is 27.7 Å². The molecule has 0 rings (SSSR count). The van der Waals surface area contributed by atoms with Crippen molar-refractivity contribution >= 4 is 7.45 Å². The van der Waals surface area contributed by atoms with Crippen molar-refractivity contribution in [1.29, 1.82) is 0 Å². The second kappa shape index (κ2) is 4.25. The molecule has 0 amide bonds. The van der Waals surface area contributed by atoms with Crippen LogP contribution in [0.25, 0.3) is 0 Å². The Morgan fingerprint density at radius 1 is 1.09 bits per heavy atom. The van der Waals surface area contributed by atoms with Crippen molar-refractivity contribution in [3.05, 3.63) is 0 Å². The lowest BCUT2D eigenvalue weighted by molar-refractivity contribution is 0.519. The monoisotopic (exact) mass is 180 g/mol. The molecule has 0 heterocycles. The lowest BCUT2D eigenvalue weighted by Gasteiger charge is -2.12. The lowest BCUT2D eigenvalue weighted by Crippen LogP contribution is -2.02. The van der Waals surface area contributed by atoms with Gasteiger partial charge in [0.25, 0.3) is 0 Å². The molecular formula is C8H18FOP. The molecule has 0 saturated heterocycles. The van der Waals surface area contributed by atoms with Gasteiger partial charge >= 0.3 is 0 Å². The van der Waals surface area contributed by atoms with Gasteiger partial charge in [0.2, 0.25) is 7.45 Å². The topological polar surface area (TPSA) is 17.1 Å². The van der Waals surface area contributed by atoms with E-state index in [0.29, 0.717) is 0 Å². The van der Waals surface area contributed by atoms with Gasteiger partial charge in [-0.2, -0.15) is 4.20 Å². The molecule has 0 radical (unpaired) electrons. The molecule has 0 aromatic carbocycles. The maximum Gasteiger partial charge on any atom is 0.244 e. The fourth-order valence-electron chi connectivity index (χ4n) is 1.17. The third kappa shape index (κ3) is 6.55. The van der Waals surface area contributed by atoms with Gasteiger partial charge in [-0.3, -0.25) is 4.57 Å². The SMILES string of the molecule is CC(C)CP(=O)(F)CC(C)C. The highest BCUT2D eigenvalue weighted by molar-refractivity contribution is 7.58. The number of hydrogen-bond acceptors (Lipinski definition) is 1. The minimum atomic E-state index is -3.30. The van der Waals surface area contributed by atoms with Gasteiger partial charge in [-0.1, -0.05) is 27.7 Å². The zero-order valence-electron chi connectivity index (χ0n) is 7.80. The summed E-state index contributed by atoms with van der Waals surface area (Å²) in [4.78, 5) is 0. The van der Waals surface area contributed by atoms with Crippen molar-refractivity contribution in [2.24, 2.45) is 11.8 Å². The van der Waals surface area contributed by atoms with Crippen LogP contribution in [-0.2, 0) is 4.57 Å². The molecule has 1 nitrogen and oxygen atoms in total. The second-order valence-electron chi connectivity index (χ2n) is 3.94. The van der Waals surface area contributed by atoms with Crippen LogP contribution in [0.2, 0.25) is 0 Å². The van der Waals surface area contributed by atoms with Crippen molar-refractivity contribution in [3.63, 3.8) is 0 Å². The van der Waals surface area contributed by atoms with E-state index in [0.717, 1.165) is 0 Å². The van der Waals surface area contributed by atoms with E-state index < -0.39 is 7.45 Å². The Morgan fingerprint density at radius 3 is 1.55 bits per heavy atom. The van der Waals surface area contributed by atoms with Crippen molar-refractivity contribution in [2.75, 3.05) is 12.3 Å². The van der Waals surface area contributed by atoms with Crippen molar-refractivity contribution in [3.8, 4) is 0 Å². The fraction of sp³-hybridized carbons (Fsp3) is 1.00. The van der Waals surface area contributed by atoms with E-state index in [1.54, 1.807) is 0 Å². The summed E-state index contributed by atoms with van der Waals surface area (Å²) >= 11 is 0. The maximum absolute atomic E-state index is 13.1. The molecule has 0 spiro atoms. The molecule has 0 saturated carbocycles. The van der Waals surface area contributed by atoms with Crippen molar-refractivity contribution in [1.82, 2.24) is 0 Å². The largest absolute Gasteiger partial charge is 0.288 e. The molecule has 0 N–H and O–H groups in total. The highest BCUT2D eigenvalue weighted by Gasteiger charge is 2.23. The Morgan fingerprint density at radius 2 is 1.36 bits per heavy atom. The minimum absolute atomic E-state index is 0.199. The first kappa shape index (κ1) is 11.2. The van der Waals surface area contributed by atoms with Crippen LogP contribution < -0.4 is 0 Å². The number of halogens is 1. The highest BCUT2D eigenvalue weighted by atomic mass is 31.2. The average molecular weight is 180 g/mol. The number of rotatable bonds is 4. The Bertz CT molecular complexity index is 140. The molecule has 0 fully saturated rings. The Labute approximate surface area is 68.9 Å². The van der Waals surface area contributed by atoms with E-state index in [2.05, 4.69) is 0 Å². The summed E-state index contributed by atoms with van der Waals surface area (Å²) in [5.41, 5.74) is 0. The molecule has 11 heavy (non-hydrogen) atoms. The molecule has 0 bridgehead atoms. The van der Waals surface area contributed by atoms with Gasteiger partial charge in [-0.05, 0) is 11.8 Å². The molecule has 0 aromatic heterocycles. The van der Waals surface area contributed by atoms with E-state index in [1.807, 2.05) is 27.7 Å². The lowest BCUT2D eigenvalue weighted by atomic mass is 10.3. The third-order valence-electron chi connectivity index (χ3n) is 1.28. The Balaban J connectivity index is 3.91. The third-order valence-corrected chi connectivity index (χ3v) is 3.83. The maximum atomic E-state index is 13.1. The van der Waals surface area contributed by atoms with Crippen LogP contribution in [0.5, 0.6) is 0 Å². The second-order valence-corrected chi connectivity index (χ2v) is 6.25. The van der Waals surface area contributed by atoms with E-state index in [1.165, 1.54) is 0 Å². The number of hydrogen-bond donors (Lipinski definition) is 0. The van der Waals surface area contributed by atoms with Crippen LogP contribution in [0.15, 0.2) is 0 Å². The van der Waals surface area contributed by atoms with Gasteiger partial charge in [0.15, 0.2) is 0 Å². The molecule has 68 valence electrons. The Hall–Kier alpha value is 0.160. The summed E-state index contributed by atoms with van der Waals surface area (Å²) in [6, 6.07) is 0.